The van der Waals surface area contributed by atoms with Crippen LogP contribution in [0.5, 0.6) is 11.5 Å². The highest BCUT2D eigenvalue weighted by molar-refractivity contribution is 5.90. The maximum Gasteiger partial charge on any atom is 0.231 e. The number of fused-ring (bicyclic) bond motifs is 1. The molecule has 0 unspecified atom stereocenters. The van der Waals surface area contributed by atoms with Crippen LogP contribution in [0.4, 0.5) is 4.39 Å². The van der Waals surface area contributed by atoms with Gasteiger partial charge < -0.3 is 9.47 Å². The molecule has 3 nitrogen and oxygen atoms in total. The summed E-state index contributed by atoms with van der Waals surface area (Å²) in [5.74, 6) is 0.912. The lowest BCUT2D eigenvalue weighted by molar-refractivity contribution is 0.174. The molecule has 3 rings (SSSR count). The van der Waals surface area contributed by atoms with Gasteiger partial charge in [0.15, 0.2) is 11.5 Å². The van der Waals surface area contributed by atoms with Gasteiger partial charge in [-0.15, -0.1) is 0 Å². The molecule has 0 saturated carbocycles. The standard InChI is InChI=1S/C17H12FNO2/c1-11-6-16-17(21-10-20-16)8-12(11)7-13(9-19)14-4-2-3-5-15(14)18/h2-8H,10H2,1H3/b13-7-. The van der Waals surface area contributed by atoms with Gasteiger partial charge in [0.25, 0.3) is 0 Å². The molecule has 0 bridgehead atoms. The minimum Gasteiger partial charge on any atom is -0.454 e. The zero-order chi connectivity index (χ0) is 14.8. The molecule has 0 N–H and O–H groups in total. The lowest BCUT2D eigenvalue weighted by Gasteiger charge is -2.05. The lowest BCUT2D eigenvalue weighted by atomic mass is 10.0. The number of allylic oxidation sites excluding steroid dienone is 1. The highest BCUT2D eigenvalue weighted by Crippen LogP contribution is 2.35. The molecular formula is C17H12FNO2. The Morgan fingerprint density at radius 2 is 1.95 bits per heavy atom. The molecule has 0 aliphatic carbocycles. The van der Waals surface area contributed by atoms with Gasteiger partial charge in [-0.25, -0.2) is 4.39 Å². The minimum atomic E-state index is -0.413. The third kappa shape index (κ3) is 2.46. The molecule has 1 heterocycles. The number of aryl methyl sites for hydroxylation is 1. The average molecular weight is 281 g/mol. The first kappa shape index (κ1) is 13.2. The van der Waals surface area contributed by atoms with Gasteiger partial charge in [0, 0.05) is 5.56 Å². The minimum absolute atomic E-state index is 0.195. The summed E-state index contributed by atoms with van der Waals surface area (Å²) in [5, 5.41) is 9.31. The predicted molar refractivity (Wildman–Crippen MR) is 77.2 cm³/mol. The van der Waals surface area contributed by atoms with E-state index in [0.29, 0.717) is 11.5 Å². The molecule has 0 fully saturated rings. The van der Waals surface area contributed by atoms with Crippen LogP contribution in [0, 0.1) is 24.1 Å². The van der Waals surface area contributed by atoms with Crippen molar-refractivity contribution in [2.75, 3.05) is 6.79 Å². The first-order chi connectivity index (χ1) is 10.2. The van der Waals surface area contributed by atoms with E-state index >= 15 is 0 Å². The summed E-state index contributed by atoms with van der Waals surface area (Å²) >= 11 is 0. The van der Waals surface area contributed by atoms with Crippen molar-refractivity contribution in [3.8, 4) is 17.6 Å². The van der Waals surface area contributed by atoms with Crippen LogP contribution in [0.15, 0.2) is 36.4 Å². The molecule has 21 heavy (non-hydrogen) atoms. The van der Waals surface area contributed by atoms with E-state index < -0.39 is 5.82 Å². The van der Waals surface area contributed by atoms with E-state index in [9.17, 15) is 9.65 Å². The van der Waals surface area contributed by atoms with Crippen LogP contribution in [-0.2, 0) is 0 Å². The van der Waals surface area contributed by atoms with Crippen LogP contribution in [0.2, 0.25) is 0 Å². The van der Waals surface area contributed by atoms with Crippen molar-refractivity contribution < 1.29 is 13.9 Å². The molecule has 104 valence electrons. The Kier molecular flexibility index (Phi) is 3.33. The molecule has 0 radical (unpaired) electrons. The molecule has 0 saturated heterocycles. The topological polar surface area (TPSA) is 42.2 Å². The summed E-state index contributed by atoms with van der Waals surface area (Å²) in [4.78, 5) is 0. The summed E-state index contributed by atoms with van der Waals surface area (Å²) < 4.78 is 24.4. The summed E-state index contributed by atoms with van der Waals surface area (Å²) in [6.45, 7) is 2.10. The van der Waals surface area contributed by atoms with Crippen molar-refractivity contribution in [3.05, 3.63) is 58.9 Å². The molecule has 2 aromatic rings. The summed E-state index contributed by atoms with van der Waals surface area (Å²) in [5.41, 5.74) is 2.30. The molecule has 4 heteroatoms. The fraction of sp³-hybridized carbons (Fsp3) is 0.118. The van der Waals surface area contributed by atoms with Crippen LogP contribution in [0.25, 0.3) is 11.6 Å². The number of nitrogens with zero attached hydrogens (tertiary/aromatic N) is 1. The van der Waals surface area contributed by atoms with E-state index in [1.807, 2.05) is 13.0 Å². The van der Waals surface area contributed by atoms with Gasteiger partial charge in [-0.2, -0.15) is 5.26 Å². The van der Waals surface area contributed by atoms with Gasteiger partial charge in [-0.05, 0) is 42.3 Å². The Labute approximate surface area is 121 Å². The van der Waals surface area contributed by atoms with Crippen LogP contribution in [-0.4, -0.2) is 6.79 Å². The maximum atomic E-state index is 13.8. The van der Waals surface area contributed by atoms with E-state index in [1.165, 1.54) is 6.07 Å². The van der Waals surface area contributed by atoms with Gasteiger partial charge in [-0.3, -0.25) is 0 Å². The summed E-state index contributed by atoms with van der Waals surface area (Å²) in [6, 6.07) is 11.9. The van der Waals surface area contributed by atoms with Crippen LogP contribution >= 0.6 is 0 Å². The predicted octanol–water partition coefficient (Wildman–Crippen LogP) is 3.93. The first-order valence-corrected chi connectivity index (χ1v) is 6.46. The molecule has 2 aromatic carbocycles. The second-order valence-corrected chi connectivity index (χ2v) is 4.71. The Balaban J connectivity index is 2.08. The van der Waals surface area contributed by atoms with Crippen LogP contribution in [0.1, 0.15) is 16.7 Å². The highest BCUT2D eigenvalue weighted by atomic mass is 19.1. The van der Waals surface area contributed by atoms with Crippen molar-refractivity contribution in [1.82, 2.24) is 0 Å². The smallest absolute Gasteiger partial charge is 0.231 e. The maximum absolute atomic E-state index is 13.8. The second kappa shape index (κ2) is 5.29. The molecular weight excluding hydrogens is 269 g/mol. The molecule has 0 aromatic heterocycles. The Morgan fingerprint density at radius 1 is 1.24 bits per heavy atom. The fourth-order valence-electron chi connectivity index (χ4n) is 2.22. The first-order valence-electron chi connectivity index (χ1n) is 6.46. The van der Waals surface area contributed by atoms with Crippen molar-refractivity contribution >= 4 is 11.6 Å². The zero-order valence-electron chi connectivity index (χ0n) is 11.4. The van der Waals surface area contributed by atoms with E-state index in [2.05, 4.69) is 6.07 Å². The highest BCUT2D eigenvalue weighted by Gasteiger charge is 2.15. The number of hydrogen-bond donors (Lipinski definition) is 0. The molecule has 0 atom stereocenters. The Hall–Kier alpha value is -2.80. The summed E-state index contributed by atoms with van der Waals surface area (Å²) in [7, 11) is 0. The lowest BCUT2D eigenvalue weighted by Crippen LogP contribution is -1.92. The second-order valence-electron chi connectivity index (χ2n) is 4.71. The average Bonchev–Trinajstić information content (AvgIpc) is 2.92. The number of benzene rings is 2. The molecule has 0 spiro atoms. The monoisotopic (exact) mass is 281 g/mol. The number of hydrogen-bond acceptors (Lipinski definition) is 3. The molecule has 1 aliphatic rings. The van der Waals surface area contributed by atoms with Crippen molar-refractivity contribution in [2.45, 2.75) is 6.92 Å². The van der Waals surface area contributed by atoms with Crippen molar-refractivity contribution in [2.24, 2.45) is 0 Å². The third-order valence-corrected chi connectivity index (χ3v) is 3.35. The molecule has 0 amide bonds. The number of halogens is 1. The quantitative estimate of drug-likeness (QED) is 0.618. The van der Waals surface area contributed by atoms with Gasteiger partial charge in [0.1, 0.15) is 5.82 Å². The number of ether oxygens (including phenoxy) is 2. The Morgan fingerprint density at radius 3 is 2.67 bits per heavy atom. The van der Waals surface area contributed by atoms with Crippen molar-refractivity contribution in [3.63, 3.8) is 0 Å². The molecule has 1 aliphatic heterocycles. The van der Waals surface area contributed by atoms with E-state index in [0.717, 1.165) is 11.1 Å². The Bertz CT molecular complexity index is 775. The summed E-state index contributed by atoms with van der Waals surface area (Å²) in [6.07, 6.45) is 1.66. The van der Waals surface area contributed by atoms with E-state index in [-0.39, 0.29) is 17.9 Å². The fourth-order valence-corrected chi connectivity index (χ4v) is 2.22. The normalized spacial score (nSPS) is 13.1. The van der Waals surface area contributed by atoms with Crippen LogP contribution in [0.3, 0.4) is 0 Å². The van der Waals surface area contributed by atoms with Crippen LogP contribution < -0.4 is 9.47 Å². The van der Waals surface area contributed by atoms with Gasteiger partial charge in [0.05, 0.1) is 11.6 Å². The van der Waals surface area contributed by atoms with E-state index in [1.54, 1.807) is 30.3 Å². The third-order valence-electron chi connectivity index (χ3n) is 3.35. The van der Waals surface area contributed by atoms with E-state index in [4.69, 9.17) is 9.47 Å². The zero-order valence-corrected chi connectivity index (χ0v) is 11.4. The van der Waals surface area contributed by atoms with Gasteiger partial charge >= 0.3 is 0 Å². The van der Waals surface area contributed by atoms with Gasteiger partial charge in [-0.1, -0.05) is 18.2 Å². The largest absolute Gasteiger partial charge is 0.454 e. The van der Waals surface area contributed by atoms with Crippen molar-refractivity contribution in [1.29, 1.82) is 5.26 Å². The number of nitriles is 1. The number of rotatable bonds is 2. The SMILES string of the molecule is Cc1cc2c(cc1/C=C(/C#N)c1ccccc1F)OCO2. The van der Waals surface area contributed by atoms with Gasteiger partial charge in [0.2, 0.25) is 6.79 Å².